The fourth-order valence-corrected chi connectivity index (χ4v) is 3.31. The lowest BCUT2D eigenvalue weighted by Crippen LogP contribution is -2.41. The van der Waals surface area contributed by atoms with Crippen molar-refractivity contribution in [1.29, 1.82) is 0 Å². The maximum Gasteiger partial charge on any atom is 0.356 e. The Hall–Kier alpha value is -3.56. The maximum atomic E-state index is 13.2. The Bertz CT molecular complexity index is 952. The number of aromatic carboxylic acids is 1. The number of fused-ring (bicyclic) bond motifs is 1. The van der Waals surface area contributed by atoms with Crippen LogP contribution >= 0.6 is 0 Å². The standard InChI is InChI=1S/C17H17N7O3/c25-16(23-7-6-13-12(9-23)15(17(26)27)20-19-13)14(24-10-18-21-22-24)8-11-4-2-1-3-5-11/h1-5,10,14H,6-9H2,(H,19,20)(H,26,27). The molecule has 27 heavy (non-hydrogen) atoms. The molecule has 0 saturated carbocycles. The second kappa shape index (κ2) is 6.98. The van der Waals surface area contributed by atoms with E-state index in [2.05, 4.69) is 25.7 Å². The third-order valence-electron chi connectivity index (χ3n) is 4.69. The van der Waals surface area contributed by atoms with Gasteiger partial charge in [0.15, 0.2) is 5.69 Å². The molecule has 10 heteroatoms. The highest BCUT2D eigenvalue weighted by molar-refractivity contribution is 5.88. The molecule has 1 aliphatic rings. The van der Waals surface area contributed by atoms with Crippen LogP contribution in [0, 0.1) is 0 Å². The van der Waals surface area contributed by atoms with Gasteiger partial charge in [-0.25, -0.2) is 9.48 Å². The summed E-state index contributed by atoms with van der Waals surface area (Å²) >= 11 is 0. The number of amides is 1. The van der Waals surface area contributed by atoms with Gasteiger partial charge in [-0.3, -0.25) is 9.89 Å². The molecule has 10 nitrogen and oxygen atoms in total. The zero-order valence-electron chi connectivity index (χ0n) is 14.3. The van der Waals surface area contributed by atoms with Crippen molar-refractivity contribution in [3.63, 3.8) is 0 Å². The van der Waals surface area contributed by atoms with Crippen LogP contribution in [0.25, 0.3) is 0 Å². The number of hydrogen-bond donors (Lipinski definition) is 2. The molecule has 1 amide bonds. The summed E-state index contributed by atoms with van der Waals surface area (Å²) in [5.41, 5.74) is 2.26. The summed E-state index contributed by atoms with van der Waals surface area (Å²) in [6, 6.07) is 9.01. The molecule has 0 spiro atoms. The highest BCUT2D eigenvalue weighted by Gasteiger charge is 2.32. The van der Waals surface area contributed by atoms with Crippen molar-refractivity contribution in [2.45, 2.75) is 25.4 Å². The smallest absolute Gasteiger partial charge is 0.356 e. The first-order chi connectivity index (χ1) is 13.1. The molecule has 0 bridgehead atoms. The van der Waals surface area contributed by atoms with Gasteiger partial charge in [-0.15, -0.1) is 5.10 Å². The van der Waals surface area contributed by atoms with Gasteiger partial charge in [-0.05, 0) is 16.0 Å². The fraction of sp³-hybridized carbons (Fsp3) is 0.294. The van der Waals surface area contributed by atoms with Crippen LogP contribution in [-0.2, 0) is 24.2 Å². The predicted octanol–water partition coefficient (Wildman–Crippen LogP) is 0.463. The second-order valence-electron chi connectivity index (χ2n) is 6.34. The van der Waals surface area contributed by atoms with Gasteiger partial charge in [-0.1, -0.05) is 30.3 Å². The lowest BCUT2D eigenvalue weighted by atomic mass is 10.0. The Morgan fingerprint density at radius 2 is 2.07 bits per heavy atom. The molecule has 0 radical (unpaired) electrons. The van der Waals surface area contributed by atoms with Gasteiger partial charge in [0.2, 0.25) is 5.91 Å². The number of benzene rings is 1. The van der Waals surface area contributed by atoms with Crippen molar-refractivity contribution >= 4 is 11.9 Å². The largest absolute Gasteiger partial charge is 0.476 e. The lowest BCUT2D eigenvalue weighted by molar-refractivity contribution is -0.136. The van der Waals surface area contributed by atoms with E-state index in [1.807, 2.05) is 30.3 Å². The lowest BCUT2D eigenvalue weighted by Gasteiger charge is -2.30. The van der Waals surface area contributed by atoms with Crippen LogP contribution in [-0.4, -0.2) is 58.8 Å². The minimum atomic E-state index is -1.11. The molecule has 1 aliphatic heterocycles. The Kier molecular flexibility index (Phi) is 4.37. The SMILES string of the molecule is O=C(O)c1n[nH]c2c1CN(C(=O)C(Cc1ccccc1)n1cnnn1)CC2. The van der Waals surface area contributed by atoms with E-state index in [1.54, 1.807) is 4.90 Å². The topological polar surface area (TPSA) is 130 Å². The Labute approximate surface area is 153 Å². The number of aromatic amines is 1. The van der Waals surface area contributed by atoms with E-state index in [4.69, 9.17) is 0 Å². The highest BCUT2D eigenvalue weighted by atomic mass is 16.4. The number of nitrogens with zero attached hydrogens (tertiary/aromatic N) is 6. The summed E-state index contributed by atoms with van der Waals surface area (Å²) in [5.74, 6) is -1.27. The highest BCUT2D eigenvalue weighted by Crippen LogP contribution is 2.24. The number of tetrazole rings is 1. The number of aromatic nitrogens is 6. The quantitative estimate of drug-likeness (QED) is 0.670. The molecule has 1 atom stereocenters. The number of carbonyl (C=O) groups is 2. The van der Waals surface area contributed by atoms with E-state index < -0.39 is 12.0 Å². The summed E-state index contributed by atoms with van der Waals surface area (Å²) in [7, 11) is 0. The van der Waals surface area contributed by atoms with Crippen molar-refractivity contribution in [2.75, 3.05) is 6.54 Å². The van der Waals surface area contributed by atoms with Crippen LogP contribution in [0.4, 0.5) is 0 Å². The first kappa shape index (κ1) is 16.9. The molecule has 1 unspecified atom stereocenters. The number of hydrogen-bond acceptors (Lipinski definition) is 6. The molecule has 2 N–H and O–H groups in total. The zero-order chi connectivity index (χ0) is 18.8. The van der Waals surface area contributed by atoms with E-state index in [1.165, 1.54) is 11.0 Å². The summed E-state index contributed by atoms with van der Waals surface area (Å²) in [6.45, 7) is 0.667. The molecule has 2 aromatic heterocycles. The fourth-order valence-electron chi connectivity index (χ4n) is 3.31. The van der Waals surface area contributed by atoms with E-state index >= 15 is 0 Å². The molecular formula is C17H17N7O3. The third kappa shape index (κ3) is 3.28. The first-order valence-electron chi connectivity index (χ1n) is 8.48. The number of carbonyl (C=O) groups excluding carboxylic acids is 1. The van der Waals surface area contributed by atoms with Gasteiger partial charge in [0.1, 0.15) is 12.4 Å². The average molecular weight is 367 g/mol. The summed E-state index contributed by atoms with van der Waals surface area (Å²) < 4.78 is 1.44. The number of rotatable bonds is 5. The monoisotopic (exact) mass is 367 g/mol. The van der Waals surface area contributed by atoms with Crippen molar-refractivity contribution < 1.29 is 14.7 Å². The van der Waals surface area contributed by atoms with Crippen molar-refractivity contribution in [3.8, 4) is 0 Å². The van der Waals surface area contributed by atoms with Gasteiger partial charge in [-0.2, -0.15) is 5.10 Å². The first-order valence-corrected chi connectivity index (χ1v) is 8.48. The molecule has 1 aromatic carbocycles. The zero-order valence-corrected chi connectivity index (χ0v) is 14.3. The minimum Gasteiger partial charge on any atom is -0.476 e. The van der Waals surface area contributed by atoms with Gasteiger partial charge < -0.3 is 10.0 Å². The Morgan fingerprint density at radius 1 is 1.26 bits per heavy atom. The molecule has 0 fully saturated rings. The molecule has 4 rings (SSSR count). The van der Waals surface area contributed by atoms with Crippen molar-refractivity contribution in [2.24, 2.45) is 0 Å². The molecule has 3 aromatic rings. The van der Waals surface area contributed by atoms with Crippen LogP contribution in [0.2, 0.25) is 0 Å². The van der Waals surface area contributed by atoms with Gasteiger partial charge >= 0.3 is 5.97 Å². The van der Waals surface area contributed by atoms with Crippen LogP contribution in [0.3, 0.4) is 0 Å². The van der Waals surface area contributed by atoms with E-state index in [0.29, 0.717) is 24.9 Å². The molecule has 0 aliphatic carbocycles. The summed E-state index contributed by atoms with van der Waals surface area (Å²) in [6.07, 6.45) is 2.38. The number of carboxylic acid groups (broad SMARTS) is 1. The van der Waals surface area contributed by atoms with Gasteiger partial charge in [0.25, 0.3) is 0 Å². The summed E-state index contributed by atoms with van der Waals surface area (Å²) in [5, 5.41) is 27.1. The van der Waals surface area contributed by atoms with E-state index in [9.17, 15) is 14.7 Å². The third-order valence-corrected chi connectivity index (χ3v) is 4.69. The molecule has 3 heterocycles. The van der Waals surface area contributed by atoms with Crippen LogP contribution in [0.1, 0.15) is 33.4 Å². The Morgan fingerprint density at radius 3 is 2.78 bits per heavy atom. The van der Waals surface area contributed by atoms with Gasteiger partial charge in [0, 0.05) is 37.2 Å². The van der Waals surface area contributed by atoms with E-state index in [-0.39, 0.29) is 18.1 Å². The number of carboxylic acids is 1. The molecule has 138 valence electrons. The number of nitrogens with one attached hydrogen (secondary N) is 1. The molecule has 0 saturated heterocycles. The molecular weight excluding hydrogens is 350 g/mol. The van der Waals surface area contributed by atoms with Crippen molar-refractivity contribution in [1.82, 2.24) is 35.3 Å². The van der Waals surface area contributed by atoms with Crippen molar-refractivity contribution in [3.05, 3.63) is 59.2 Å². The Balaban J connectivity index is 1.60. The average Bonchev–Trinajstić information content (AvgIpc) is 3.35. The maximum absolute atomic E-state index is 13.2. The normalized spacial score (nSPS) is 14.6. The second-order valence-corrected chi connectivity index (χ2v) is 6.34. The van der Waals surface area contributed by atoms with E-state index in [0.717, 1.165) is 11.3 Å². The van der Waals surface area contributed by atoms with Gasteiger partial charge in [0.05, 0.1) is 0 Å². The van der Waals surface area contributed by atoms with Crippen LogP contribution in [0.15, 0.2) is 36.7 Å². The van der Waals surface area contributed by atoms with Crippen LogP contribution in [0.5, 0.6) is 0 Å². The number of H-pyrrole nitrogens is 1. The minimum absolute atomic E-state index is 0.0375. The summed E-state index contributed by atoms with van der Waals surface area (Å²) in [4.78, 5) is 26.2. The van der Waals surface area contributed by atoms with Crippen LogP contribution < -0.4 is 0 Å². The predicted molar refractivity (Wildman–Crippen MR) is 91.7 cm³/mol.